The van der Waals surface area contributed by atoms with Crippen LogP contribution in [-0.4, -0.2) is 11.0 Å². The number of nitrogens with one attached hydrogen (secondary N) is 1. The zero-order valence-corrected chi connectivity index (χ0v) is 11.3. The van der Waals surface area contributed by atoms with Crippen molar-refractivity contribution in [2.75, 3.05) is 0 Å². The molecule has 0 aromatic heterocycles. The maximum Gasteiger partial charge on any atom is 0.269 e. The van der Waals surface area contributed by atoms with Gasteiger partial charge in [0.1, 0.15) is 0 Å². The van der Waals surface area contributed by atoms with E-state index in [0.29, 0.717) is 6.04 Å². The first-order valence-electron chi connectivity index (χ1n) is 6.62. The maximum atomic E-state index is 10.8. The summed E-state index contributed by atoms with van der Waals surface area (Å²) in [5.41, 5.74) is 1.16. The van der Waals surface area contributed by atoms with E-state index < -0.39 is 0 Å². The standard InChI is InChI=1S/C14H22N2O2/c1-4-12(5-2)15-14(6-3)11-8-7-9-13(10-11)16(17)18/h7-10,12,14-15H,4-6H2,1-3H3. The summed E-state index contributed by atoms with van der Waals surface area (Å²) in [5.74, 6) is 0. The molecule has 4 heteroatoms. The first kappa shape index (κ1) is 14.6. The fourth-order valence-electron chi connectivity index (χ4n) is 2.11. The molecular formula is C14H22N2O2. The normalized spacial score (nSPS) is 12.7. The summed E-state index contributed by atoms with van der Waals surface area (Å²) < 4.78 is 0. The predicted octanol–water partition coefficient (Wildman–Crippen LogP) is 3.82. The van der Waals surface area contributed by atoms with Gasteiger partial charge in [0.25, 0.3) is 5.69 Å². The third-order valence-corrected chi connectivity index (χ3v) is 3.31. The van der Waals surface area contributed by atoms with Gasteiger partial charge in [0.05, 0.1) is 4.92 Å². The summed E-state index contributed by atoms with van der Waals surface area (Å²) in [6.45, 7) is 6.40. The third-order valence-electron chi connectivity index (χ3n) is 3.31. The number of nitro benzene ring substituents is 1. The summed E-state index contributed by atoms with van der Waals surface area (Å²) in [7, 11) is 0. The van der Waals surface area contributed by atoms with Crippen LogP contribution in [0.4, 0.5) is 5.69 Å². The SMILES string of the molecule is CCC(CC)NC(CC)c1cccc([N+](=O)[O-])c1. The summed E-state index contributed by atoms with van der Waals surface area (Å²) in [4.78, 5) is 10.4. The highest BCUT2D eigenvalue weighted by Gasteiger charge is 2.15. The van der Waals surface area contributed by atoms with Crippen LogP contribution in [0.25, 0.3) is 0 Å². The Bertz CT molecular complexity index is 389. The largest absolute Gasteiger partial charge is 0.307 e. The molecule has 0 fully saturated rings. The van der Waals surface area contributed by atoms with Gasteiger partial charge in [-0.2, -0.15) is 0 Å². The minimum absolute atomic E-state index is 0.164. The van der Waals surface area contributed by atoms with Gasteiger partial charge in [0.2, 0.25) is 0 Å². The smallest absolute Gasteiger partial charge is 0.269 e. The van der Waals surface area contributed by atoms with E-state index in [1.165, 1.54) is 6.07 Å². The van der Waals surface area contributed by atoms with E-state index in [4.69, 9.17) is 0 Å². The molecule has 1 unspecified atom stereocenters. The number of hydrogen-bond acceptors (Lipinski definition) is 3. The molecule has 0 bridgehead atoms. The Morgan fingerprint density at radius 2 is 1.89 bits per heavy atom. The van der Waals surface area contributed by atoms with Gasteiger partial charge >= 0.3 is 0 Å². The molecular weight excluding hydrogens is 228 g/mol. The zero-order valence-electron chi connectivity index (χ0n) is 11.3. The van der Waals surface area contributed by atoms with E-state index >= 15 is 0 Å². The van der Waals surface area contributed by atoms with Crippen LogP contribution in [0.1, 0.15) is 51.6 Å². The number of benzene rings is 1. The molecule has 0 aliphatic carbocycles. The van der Waals surface area contributed by atoms with Crippen LogP contribution < -0.4 is 5.32 Å². The van der Waals surface area contributed by atoms with Crippen LogP contribution in [0.2, 0.25) is 0 Å². The molecule has 0 spiro atoms. The summed E-state index contributed by atoms with van der Waals surface area (Å²) in [6, 6.07) is 7.57. The Kier molecular flexibility index (Phi) is 5.78. The predicted molar refractivity (Wildman–Crippen MR) is 73.6 cm³/mol. The van der Waals surface area contributed by atoms with Gasteiger partial charge in [-0.05, 0) is 24.8 Å². The van der Waals surface area contributed by atoms with Crippen molar-refractivity contribution in [1.29, 1.82) is 0 Å². The molecule has 18 heavy (non-hydrogen) atoms. The van der Waals surface area contributed by atoms with Crippen molar-refractivity contribution in [1.82, 2.24) is 5.32 Å². The molecule has 4 nitrogen and oxygen atoms in total. The van der Waals surface area contributed by atoms with Gasteiger partial charge in [-0.15, -0.1) is 0 Å². The van der Waals surface area contributed by atoms with Crippen LogP contribution >= 0.6 is 0 Å². The number of non-ortho nitro benzene ring substituents is 1. The van der Waals surface area contributed by atoms with Crippen molar-refractivity contribution in [3.63, 3.8) is 0 Å². The van der Waals surface area contributed by atoms with Crippen LogP contribution in [0, 0.1) is 10.1 Å². The highest BCUT2D eigenvalue weighted by molar-refractivity contribution is 5.35. The average Bonchev–Trinajstić information content (AvgIpc) is 2.40. The summed E-state index contributed by atoms with van der Waals surface area (Å²) in [5, 5.41) is 14.3. The quantitative estimate of drug-likeness (QED) is 0.591. The van der Waals surface area contributed by atoms with E-state index in [9.17, 15) is 10.1 Å². The van der Waals surface area contributed by atoms with E-state index in [0.717, 1.165) is 24.8 Å². The Hall–Kier alpha value is -1.42. The first-order chi connectivity index (χ1) is 8.62. The van der Waals surface area contributed by atoms with E-state index in [-0.39, 0.29) is 16.7 Å². The monoisotopic (exact) mass is 250 g/mol. The Labute approximate surface area is 109 Å². The molecule has 1 N–H and O–H groups in total. The van der Waals surface area contributed by atoms with Crippen LogP contribution in [0.15, 0.2) is 24.3 Å². The number of nitro groups is 1. The second-order valence-electron chi connectivity index (χ2n) is 4.49. The second-order valence-corrected chi connectivity index (χ2v) is 4.49. The third kappa shape index (κ3) is 3.81. The molecule has 0 amide bonds. The molecule has 0 aliphatic rings. The van der Waals surface area contributed by atoms with Crippen molar-refractivity contribution in [3.8, 4) is 0 Å². The summed E-state index contributed by atoms with van der Waals surface area (Å²) >= 11 is 0. The molecule has 0 aliphatic heterocycles. The van der Waals surface area contributed by atoms with Crippen LogP contribution in [0.5, 0.6) is 0 Å². The molecule has 100 valence electrons. The maximum absolute atomic E-state index is 10.8. The number of rotatable bonds is 7. The molecule has 1 aromatic rings. The fraction of sp³-hybridized carbons (Fsp3) is 0.571. The van der Waals surface area contributed by atoms with Gasteiger partial charge in [-0.3, -0.25) is 10.1 Å². The number of nitrogens with zero attached hydrogens (tertiary/aromatic N) is 1. The zero-order chi connectivity index (χ0) is 13.5. The highest BCUT2D eigenvalue weighted by atomic mass is 16.6. The lowest BCUT2D eigenvalue weighted by molar-refractivity contribution is -0.384. The molecule has 1 rings (SSSR count). The Morgan fingerprint density at radius 3 is 2.39 bits per heavy atom. The summed E-state index contributed by atoms with van der Waals surface area (Å²) in [6.07, 6.45) is 3.07. The highest BCUT2D eigenvalue weighted by Crippen LogP contribution is 2.22. The lowest BCUT2D eigenvalue weighted by atomic mass is 10.0. The van der Waals surface area contributed by atoms with E-state index in [1.807, 2.05) is 6.07 Å². The minimum atomic E-state index is -0.340. The van der Waals surface area contributed by atoms with Gasteiger partial charge in [0.15, 0.2) is 0 Å². The topological polar surface area (TPSA) is 55.2 Å². The lowest BCUT2D eigenvalue weighted by Gasteiger charge is -2.23. The Balaban J connectivity index is 2.87. The van der Waals surface area contributed by atoms with Crippen molar-refractivity contribution in [2.24, 2.45) is 0 Å². The lowest BCUT2D eigenvalue weighted by Crippen LogP contribution is -2.31. The molecule has 0 saturated heterocycles. The molecule has 0 radical (unpaired) electrons. The molecule has 0 saturated carbocycles. The average molecular weight is 250 g/mol. The van der Waals surface area contributed by atoms with Crippen molar-refractivity contribution in [2.45, 2.75) is 52.1 Å². The van der Waals surface area contributed by atoms with E-state index in [2.05, 4.69) is 26.1 Å². The first-order valence-corrected chi connectivity index (χ1v) is 6.62. The van der Waals surface area contributed by atoms with Crippen molar-refractivity contribution >= 4 is 5.69 Å². The van der Waals surface area contributed by atoms with Gasteiger partial charge in [0, 0.05) is 24.2 Å². The molecule has 1 atom stereocenters. The van der Waals surface area contributed by atoms with Gasteiger partial charge in [-0.1, -0.05) is 32.9 Å². The van der Waals surface area contributed by atoms with Gasteiger partial charge in [-0.25, -0.2) is 0 Å². The molecule has 1 aromatic carbocycles. The van der Waals surface area contributed by atoms with Crippen molar-refractivity contribution in [3.05, 3.63) is 39.9 Å². The number of hydrogen-bond donors (Lipinski definition) is 1. The van der Waals surface area contributed by atoms with Crippen LogP contribution in [0.3, 0.4) is 0 Å². The minimum Gasteiger partial charge on any atom is -0.307 e. The fourth-order valence-corrected chi connectivity index (χ4v) is 2.11. The van der Waals surface area contributed by atoms with Crippen molar-refractivity contribution < 1.29 is 4.92 Å². The van der Waals surface area contributed by atoms with Crippen LogP contribution in [-0.2, 0) is 0 Å². The van der Waals surface area contributed by atoms with E-state index in [1.54, 1.807) is 12.1 Å². The molecule has 0 heterocycles. The second kappa shape index (κ2) is 7.11. The van der Waals surface area contributed by atoms with Gasteiger partial charge < -0.3 is 5.32 Å². The Morgan fingerprint density at radius 1 is 1.22 bits per heavy atom.